The van der Waals surface area contributed by atoms with Crippen LogP contribution in [0.25, 0.3) is 0 Å². The second kappa shape index (κ2) is 3.05. The van der Waals surface area contributed by atoms with Gasteiger partial charge in [0.15, 0.2) is 0 Å². The molecule has 0 saturated carbocycles. The monoisotopic (exact) mass is 173 g/mol. The van der Waals surface area contributed by atoms with Crippen molar-refractivity contribution in [3.63, 3.8) is 0 Å². The molecule has 0 aromatic heterocycles. The van der Waals surface area contributed by atoms with Crippen molar-refractivity contribution in [3.05, 3.63) is 48.0 Å². The lowest BCUT2D eigenvalue weighted by Gasteiger charge is -2.22. The number of benzene rings is 1. The van der Waals surface area contributed by atoms with Gasteiger partial charge in [-0.1, -0.05) is 24.3 Å². The van der Waals surface area contributed by atoms with E-state index in [1.54, 1.807) is 6.08 Å². The molecule has 2 nitrogen and oxygen atoms in total. The molecule has 0 fully saturated rings. The summed E-state index contributed by atoms with van der Waals surface area (Å²) < 4.78 is 0. The van der Waals surface area contributed by atoms with Gasteiger partial charge in [-0.3, -0.25) is 4.79 Å². The quantitative estimate of drug-likeness (QED) is 0.641. The van der Waals surface area contributed by atoms with Crippen LogP contribution >= 0.6 is 0 Å². The molecule has 1 atom stereocenters. The van der Waals surface area contributed by atoms with E-state index in [1.165, 1.54) is 0 Å². The fourth-order valence-corrected chi connectivity index (χ4v) is 1.60. The van der Waals surface area contributed by atoms with E-state index in [-0.39, 0.29) is 11.9 Å². The minimum Gasteiger partial charge on any atom is -0.346 e. The molecule has 2 rings (SSSR count). The van der Waals surface area contributed by atoms with E-state index in [0.717, 1.165) is 17.5 Å². The number of rotatable bonds is 1. The lowest BCUT2D eigenvalue weighted by molar-refractivity contribution is 0.0934. The van der Waals surface area contributed by atoms with Crippen LogP contribution in [0.15, 0.2) is 36.9 Å². The van der Waals surface area contributed by atoms with Crippen molar-refractivity contribution in [2.75, 3.05) is 0 Å². The summed E-state index contributed by atoms with van der Waals surface area (Å²) in [5.41, 5.74) is 1.90. The lowest BCUT2D eigenvalue weighted by Crippen LogP contribution is -2.39. The fraction of sp³-hybridized carbons (Fsp3) is 0.182. The maximum absolute atomic E-state index is 11.5. The Bertz CT molecular complexity index is 357. The van der Waals surface area contributed by atoms with E-state index in [1.807, 2.05) is 24.3 Å². The summed E-state index contributed by atoms with van der Waals surface area (Å²) in [6.07, 6.45) is 2.62. The highest BCUT2D eigenvalue weighted by molar-refractivity contribution is 5.97. The normalized spacial score (nSPS) is 20.3. The number of hydrogen-bond acceptors (Lipinski definition) is 1. The molecule has 0 bridgehead atoms. The summed E-state index contributed by atoms with van der Waals surface area (Å²) >= 11 is 0. The van der Waals surface area contributed by atoms with Gasteiger partial charge in [-0.05, 0) is 18.1 Å². The minimum atomic E-state index is 0.00625. The van der Waals surface area contributed by atoms with E-state index in [4.69, 9.17) is 0 Å². The standard InChI is InChI=1S/C11H11NO/c1-2-9-7-8-5-3-4-6-10(8)11(13)12-9/h2-6,9H,1,7H2,(H,12,13). The predicted octanol–water partition coefficient (Wildman–Crippen LogP) is 1.53. The summed E-state index contributed by atoms with van der Waals surface area (Å²) in [6.45, 7) is 3.68. The molecule has 1 heterocycles. The number of amides is 1. The van der Waals surface area contributed by atoms with Crippen molar-refractivity contribution in [2.24, 2.45) is 0 Å². The van der Waals surface area contributed by atoms with Gasteiger partial charge in [-0.25, -0.2) is 0 Å². The Labute approximate surface area is 77.3 Å². The van der Waals surface area contributed by atoms with Gasteiger partial charge < -0.3 is 5.32 Å². The Balaban J connectivity index is 2.42. The first kappa shape index (κ1) is 8.05. The van der Waals surface area contributed by atoms with Gasteiger partial charge in [-0.15, -0.1) is 6.58 Å². The molecule has 0 saturated heterocycles. The molecule has 1 unspecified atom stereocenters. The molecule has 1 aliphatic heterocycles. The fourth-order valence-electron chi connectivity index (χ4n) is 1.60. The average Bonchev–Trinajstić information content (AvgIpc) is 2.18. The Kier molecular flexibility index (Phi) is 1.89. The Morgan fingerprint density at radius 3 is 3.00 bits per heavy atom. The number of carbonyl (C=O) groups excluding carboxylic acids is 1. The highest BCUT2D eigenvalue weighted by Crippen LogP contribution is 2.16. The first-order chi connectivity index (χ1) is 6.31. The number of fused-ring (bicyclic) bond motifs is 1. The van der Waals surface area contributed by atoms with E-state index < -0.39 is 0 Å². The van der Waals surface area contributed by atoms with Crippen molar-refractivity contribution in [3.8, 4) is 0 Å². The summed E-state index contributed by atoms with van der Waals surface area (Å²) in [5.74, 6) is 0.00625. The van der Waals surface area contributed by atoms with Crippen molar-refractivity contribution >= 4 is 5.91 Å². The van der Waals surface area contributed by atoms with Gasteiger partial charge in [-0.2, -0.15) is 0 Å². The molecule has 0 aliphatic carbocycles. The molecule has 1 aromatic carbocycles. The zero-order chi connectivity index (χ0) is 9.26. The van der Waals surface area contributed by atoms with Crippen LogP contribution in [0.1, 0.15) is 15.9 Å². The number of nitrogens with one attached hydrogen (secondary N) is 1. The third-order valence-corrected chi connectivity index (χ3v) is 2.30. The molecule has 1 amide bonds. The molecule has 1 aromatic rings. The van der Waals surface area contributed by atoms with Gasteiger partial charge in [0.2, 0.25) is 0 Å². The molecular weight excluding hydrogens is 162 g/mol. The van der Waals surface area contributed by atoms with Crippen LogP contribution in [0.5, 0.6) is 0 Å². The van der Waals surface area contributed by atoms with Crippen molar-refractivity contribution in [1.82, 2.24) is 5.32 Å². The minimum absolute atomic E-state index is 0.00625. The molecule has 0 radical (unpaired) electrons. The first-order valence-corrected chi connectivity index (χ1v) is 4.32. The number of hydrogen-bond donors (Lipinski definition) is 1. The third kappa shape index (κ3) is 1.35. The summed E-state index contributed by atoms with van der Waals surface area (Å²) in [5, 5.41) is 2.87. The van der Waals surface area contributed by atoms with Crippen LogP contribution in [-0.2, 0) is 6.42 Å². The van der Waals surface area contributed by atoms with Crippen molar-refractivity contribution in [1.29, 1.82) is 0 Å². The molecule has 0 spiro atoms. The van der Waals surface area contributed by atoms with Crippen LogP contribution in [0.4, 0.5) is 0 Å². The Morgan fingerprint density at radius 2 is 2.23 bits per heavy atom. The van der Waals surface area contributed by atoms with E-state index in [0.29, 0.717) is 0 Å². The Morgan fingerprint density at radius 1 is 1.46 bits per heavy atom. The zero-order valence-corrected chi connectivity index (χ0v) is 7.29. The van der Waals surface area contributed by atoms with Crippen LogP contribution in [-0.4, -0.2) is 11.9 Å². The third-order valence-electron chi connectivity index (χ3n) is 2.30. The topological polar surface area (TPSA) is 29.1 Å². The predicted molar refractivity (Wildman–Crippen MR) is 51.6 cm³/mol. The van der Waals surface area contributed by atoms with Gasteiger partial charge >= 0.3 is 0 Å². The van der Waals surface area contributed by atoms with Gasteiger partial charge in [0.1, 0.15) is 0 Å². The first-order valence-electron chi connectivity index (χ1n) is 4.32. The molecule has 13 heavy (non-hydrogen) atoms. The number of carbonyl (C=O) groups is 1. The van der Waals surface area contributed by atoms with Crippen LogP contribution < -0.4 is 5.32 Å². The maximum atomic E-state index is 11.5. The highest BCUT2D eigenvalue weighted by Gasteiger charge is 2.20. The zero-order valence-electron chi connectivity index (χ0n) is 7.29. The molecule has 66 valence electrons. The lowest BCUT2D eigenvalue weighted by atomic mass is 9.95. The largest absolute Gasteiger partial charge is 0.346 e. The second-order valence-electron chi connectivity index (χ2n) is 3.18. The van der Waals surface area contributed by atoms with Crippen LogP contribution in [0.3, 0.4) is 0 Å². The van der Waals surface area contributed by atoms with Crippen LogP contribution in [0.2, 0.25) is 0 Å². The average molecular weight is 173 g/mol. The maximum Gasteiger partial charge on any atom is 0.252 e. The molecule has 1 N–H and O–H groups in total. The van der Waals surface area contributed by atoms with E-state index in [2.05, 4.69) is 11.9 Å². The van der Waals surface area contributed by atoms with Gasteiger partial charge in [0, 0.05) is 5.56 Å². The smallest absolute Gasteiger partial charge is 0.252 e. The van der Waals surface area contributed by atoms with Crippen molar-refractivity contribution in [2.45, 2.75) is 12.5 Å². The van der Waals surface area contributed by atoms with Crippen molar-refractivity contribution < 1.29 is 4.79 Å². The molecule has 2 heteroatoms. The molecule has 1 aliphatic rings. The highest BCUT2D eigenvalue weighted by atomic mass is 16.1. The Hall–Kier alpha value is -1.57. The SMILES string of the molecule is C=CC1Cc2ccccc2C(=O)N1. The van der Waals surface area contributed by atoms with Gasteiger partial charge in [0.05, 0.1) is 6.04 Å². The van der Waals surface area contributed by atoms with E-state index >= 15 is 0 Å². The summed E-state index contributed by atoms with van der Waals surface area (Å²) in [6, 6.07) is 7.76. The van der Waals surface area contributed by atoms with Crippen LogP contribution in [0, 0.1) is 0 Å². The summed E-state index contributed by atoms with van der Waals surface area (Å²) in [4.78, 5) is 11.5. The van der Waals surface area contributed by atoms with E-state index in [9.17, 15) is 4.79 Å². The summed E-state index contributed by atoms with van der Waals surface area (Å²) in [7, 11) is 0. The van der Waals surface area contributed by atoms with Gasteiger partial charge in [0.25, 0.3) is 5.91 Å². The molecular formula is C11H11NO. The second-order valence-corrected chi connectivity index (χ2v) is 3.18.